The van der Waals surface area contributed by atoms with Crippen molar-refractivity contribution in [2.24, 2.45) is 23.2 Å². The van der Waals surface area contributed by atoms with Crippen LogP contribution in [0.3, 0.4) is 0 Å². The Morgan fingerprint density at radius 2 is 1.70 bits per heavy atom. The largest absolute Gasteiger partial charge is 0.462 e. The van der Waals surface area contributed by atoms with E-state index in [9.17, 15) is 9.59 Å². The first kappa shape index (κ1) is 17.7. The number of ether oxygens (including phenoxy) is 1. The van der Waals surface area contributed by atoms with E-state index in [4.69, 9.17) is 4.74 Å². The number of hydrogen-bond acceptors (Lipinski definition) is 4. The average molecular weight is 388 g/mol. The zero-order chi connectivity index (χ0) is 18.6. The molecule has 0 radical (unpaired) electrons. The van der Waals surface area contributed by atoms with E-state index < -0.39 is 0 Å². The highest BCUT2D eigenvalue weighted by molar-refractivity contribution is 7.17. The predicted molar refractivity (Wildman–Crippen MR) is 106 cm³/mol. The van der Waals surface area contributed by atoms with Crippen LogP contribution in [-0.2, 0) is 22.4 Å². The molecule has 27 heavy (non-hydrogen) atoms. The first-order valence-electron chi connectivity index (χ1n) is 10.7. The van der Waals surface area contributed by atoms with E-state index in [1.54, 1.807) is 11.3 Å². The second-order valence-corrected chi connectivity index (χ2v) is 10.4. The lowest BCUT2D eigenvalue weighted by Crippen LogP contribution is -2.51. The molecule has 4 bridgehead atoms. The highest BCUT2D eigenvalue weighted by Gasteiger charge is 2.54. The number of thiophene rings is 1. The van der Waals surface area contributed by atoms with Gasteiger partial charge in [0.05, 0.1) is 17.6 Å². The fraction of sp³-hybridized carbons (Fsp3) is 0.727. The molecule has 0 aromatic carbocycles. The van der Waals surface area contributed by atoms with Gasteiger partial charge in [-0.2, -0.15) is 0 Å². The number of rotatable bonds is 4. The molecule has 146 valence electrons. The molecule has 4 nitrogen and oxygen atoms in total. The van der Waals surface area contributed by atoms with Crippen LogP contribution in [0.1, 0.15) is 79.1 Å². The Morgan fingerprint density at radius 3 is 2.33 bits per heavy atom. The number of amides is 1. The lowest BCUT2D eigenvalue weighted by Gasteiger charge is -2.55. The van der Waals surface area contributed by atoms with Crippen molar-refractivity contribution in [2.75, 3.05) is 11.9 Å². The van der Waals surface area contributed by atoms with Gasteiger partial charge < -0.3 is 10.1 Å². The molecule has 5 aliphatic carbocycles. The normalized spacial score (nSPS) is 33.6. The maximum atomic E-state index is 13.5. The minimum atomic E-state index is -0.266. The van der Waals surface area contributed by atoms with Crippen LogP contribution < -0.4 is 5.32 Å². The van der Waals surface area contributed by atoms with E-state index in [0.29, 0.717) is 12.2 Å². The molecule has 0 unspecified atom stereocenters. The minimum absolute atomic E-state index is 0.172. The number of carbonyl (C=O) groups is 2. The van der Waals surface area contributed by atoms with Crippen molar-refractivity contribution in [3.8, 4) is 0 Å². The van der Waals surface area contributed by atoms with E-state index in [1.165, 1.54) is 24.1 Å². The molecule has 1 aromatic heterocycles. The molecule has 0 atom stereocenters. The van der Waals surface area contributed by atoms with Gasteiger partial charge >= 0.3 is 5.97 Å². The maximum Gasteiger partial charge on any atom is 0.341 e. The van der Waals surface area contributed by atoms with Gasteiger partial charge in [-0.05, 0) is 94.4 Å². The average Bonchev–Trinajstić information content (AvgIpc) is 2.98. The number of hydrogen-bond donors (Lipinski definition) is 1. The molecule has 0 spiro atoms. The van der Waals surface area contributed by atoms with Crippen LogP contribution in [0.15, 0.2) is 0 Å². The van der Waals surface area contributed by atoms with Crippen molar-refractivity contribution in [1.29, 1.82) is 0 Å². The smallest absolute Gasteiger partial charge is 0.341 e. The number of aryl methyl sites for hydroxylation is 1. The predicted octanol–water partition coefficient (Wildman–Crippen LogP) is 4.96. The van der Waals surface area contributed by atoms with E-state index in [1.807, 2.05) is 6.92 Å². The number of anilines is 1. The van der Waals surface area contributed by atoms with Gasteiger partial charge in [-0.3, -0.25) is 4.79 Å². The third-order valence-electron chi connectivity index (χ3n) is 7.40. The lowest BCUT2D eigenvalue weighted by molar-refractivity contribution is -0.140. The second kappa shape index (κ2) is 6.61. The summed E-state index contributed by atoms with van der Waals surface area (Å²) in [5.74, 6) is 2.12. The second-order valence-electron chi connectivity index (χ2n) is 9.29. The monoisotopic (exact) mass is 387 g/mol. The Hall–Kier alpha value is -1.36. The summed E-state index contributed by atoms with van der Waals surface area (Å²) in [6.45, 7) is 2.20. The van der Waals surface area contributed by atoms with Crippen molar-refractivity contribution in [2.45, 2.75) is 71.1 Å². The summed E-state index contributed by atoms with van der Waals surface area (Å²) >= 11 is 1.62. The van der Waals surface area contributed by atoms with Gasteiger partial charge in [-0.1, -0.05) is 0 Å². The Kier molecular flexibility index (Phi) is 4.34. The van der Waals surface area contributed by atoms with Crippen molar-refractivity contribution in [3.63, 3.8) is 0 Å². The fourth-order valence-electron chi connectivity index (χ4n) is 6.70. The number of esters is 1. The van der Waals surface area contributed by atoms with Gasteiger partial charge in [0.2, 0.25) is 5.91 Å². The summed E-state index contributed by atoms with van der Waals surface area (Å²) in [5, 5.41) is 3.99. The van der Waals surface area contributed by atoms with E-state index >= 15 is 0 Å². The summed E-state index contributed by atoms with van der Waals surface area (Å²) in [6.07, 6.45) is 11.3. The molecular weight excluding hydrogens is 358 g/mol. The van der Waals surface area contributed by atoms with Crippen LogP contribution >= 0.6 is 11.3 Å². The topological polar surface area (TPSA) is 55.4 Å². The van der Waals surface area contributed by atoms with Crippen LogP contribution in [0, 0.1) is 23.2 Å². The van der Waals surface area contributed by atoms with Crippen molar-refractivity contribution in [1.82, 2.24) is 0 Å². The van der Waals surface area contributed by atoms with Crippen LogP contribution in [0.4, 0.5) is 5.00 Å². The van der Waals surface area contributed by atoms with Gasteiger partial charge in [-0.25, -0.2) is 4.79 Å². The van der Waals surface area contributed by atoms with Crippen molar-refractivity contribution >= 4 is 28.2 Å². The summed E-state index contributed by atoms with van der Waals surface area (Å²) < 4.78 is 5.34. The molecule has 4 fully saturated rings. The molecule has 0 aliphatic heterocycles. The van der Waals surface area contributed by atoms with Gasteiger partial charge in [-0.15, -0.1) is 11.3 Å². The third kappa shape index (κ3) is 2.93. The summed E-state index contributed by atoms with van der Waals surface area (Å²) in [6, 6.07) is 0. The summed E-state index contributed by atoms with van der Waals surface area (Å²) in [7, 11) is 0. The summed E-state index contributed by atoms with van der Waals surface area (Å²) in [5.41, 5.74) is 1.59. The van der Waals surface area contributed by atoms with Crippen molar-refractivity contribution < 1.29 is 14.3 Å². The minimum Gasteiger partial charge on any atom is -0.462 e. The zero-order valence-corrected chi connectivity index (χ0v) is 17.0. The SMILES string of the molecule is CCOC(=O)c1c(NC(=O)C23CC4CC(CC(C4)C2)C3)sc2c1CCCC2. The highest BCUT2D eigenvalue weighted by Crippen LogP contribution is 2.60. The molecule has 5 heteroatoms. The van der Waals surface area contributed by atoms with E-state index in [2.05, 4.69) is 5.32 Å². The van der Waals surface area contributed by atoms with E-state index in [0.717, 1.165) is 73.3 Å². The maximum absolute atomic E-state index is 13.5. The van der Waals surface area contributed by atoms with Crippen LogP contribution in [0.5, 0.6) is 0 Å². The zero-order valence-electron chi connectivity index (χ0n) is 16.1. The van der Waals surface area contributed by atoms with Gasteiger partial charge in [0.25, 0.3) is 0 Å². The molecular formula is C22H29NO3S. The van der Waals surface area contributed by atoms with E-state index in [-0.39, 0.29) is 17.3 Å². The standard InChI is InChI=1S/C22H29NO3S/c1-2-26-20(24)18-16-5-3-4-6-17(16)27-19(18)23-21(25)22-10-13-7-14(11-22)9-15(8-13)12-22/h13-15H,2-12H2,1H3,(H,23,25). The summed E-state index contributed by atoms with van der Waals surface area (Å²) in [4.78, 5) is 27.4. The Morgan fingerprint density at radius 1 is 1.07 bits per heavy atom. The molecule has 0 saturated heterocycles. The Balaban J connectivity index is 1.44. The Bertz CT molecular complexity index is 745. The quantitative estimate of drug-likeness (QED) is 0.743. The van der Waals surface area contributed by atoms with Gasteiger partial charge in [0.15, 0.2) is 0 Å². The number of fused-ring (bicyclic) bond motifs is 1. The third-order valence-corrected chi connectivity index (χ3v) is 8.61. The molecule has 5 aliphatic rings. The number of nitrogens with one attached hydrogen (secondary N) is 1. The number of carbonyl (C=O) groups excluding carboxylic acids is 2. The molecule has 1 aromatic rings. The molecule has 4 saturated carbocycles. The van der Waals surface area contributed by atoms with Crippen LogP contribution in [0.25, 0.3) is 0 Å². The van der Waals surface area contributed by atoms with Crippen molar-refractivity contribution in [3.05, 3.63) is 16.0 Å². The molecule has 1 heterocycles. The van der Waals surface area contributed by atoms with Gasteiger partial charge in [0, 0.05) is 4.88 Å². The molecule has 1 amide bonds. The highest BCUT2D eigenvalue weighted by atomic mass is 32.1. The molecule has 1 N–H and O–H groups in total. The first-order chi connectivity index (χ1) is 13.1. The Labute approximate surface area is 165 Å². The first-order valence-corrected chi connectivity index (χ1v) is 11.5. The fourth-order valence-corrected chi connectivity index (χ4v) is 7.97. The van der Waals surface area contributed by atoms with Gasteiger partial charge in [0.1, 0.15) is 5.00 Å². The molecule has 6 rings (SSSR count). The van der Waals surface area contributed by atoms with Crippen LogP contribution in [-0.4, -0.2) is 18.5 Å². The van der Waals surface area contributed by atoms with Crippen LogP contribution in [0.2, 0.25) is 0 Å². The lowest BCUT2D eigenvalue weighted by atomic mass is 9.49.